The van der Waals surface area contributed by atoms with Crippen molar-refractivity contribution in [1.82, 2.24) is 9.21 Å². The van der Waals surface area contributed by atoms with Crippen LogP contribution in [0.4, 0.5) is 5.69 Å². The van der Waals surface area contributed by atoms with Gasteiger partial charge >= 0.3 is 0 Å². The minimum atomic E-state index is -3.99. The van der Waals surface area contributed by atoms with E-state index in [2.05, 4.69) is 5.32 Å². The van der Waals surface area contributed by atoms with Crippen LogP contribution in [0.3, 0.4) is 0 Å². The molecule has 2 amide bonds. The van der Waals surface area contributed by atoms with Crippen LogP contribution in [0.2, 0.25) is 5.02 Å². The number of benzene rings is 2. The van der Waals surface area contributed by atoms with Crippen molar-refractivity contribution in [2.45, 2.75) is 44.0 Å². The number of likely N-dealkylation sites (tertiary alicyclic amines) is 1. The monoisotopic (exact) mass is 477 g/mol. The van der Waals surface area contributed by atoms with Gasteiger partial charge in [-0.2, -0.15) is 4.31 Å². The summed E-state index contributed by atoms with van der Waals surface area (Å²) < 4.78 is 28.2. The number of nitrogens with zero attached hydrogens (tertiary/aromatic N) is 2. The van der Waals surface area contributed by atoms with E-state index in [0.29, 0.717) is 29.4 Å². The van der Waals surface area contributed by atoms with Crippen molar-refractivity contribution < 1.29 is 18.0 Å². The average molecular weight is 478 g/mol. The van der Waals surface area contributed by atoms with E-state index in [9.17, 15) is 18.0 Å². The molecule has 0 unspecified atom stereocenters. The number of carbonyl (C=O) groups is 2. The van der Waals surface area contributed by atoms with Gasteiger partial charge in [0, 0.05) is 37.3 Å². The van der Waals surface area contributed by atoms with Crippen LogP contribution in [0.25, 0.3) is 0 Å². The van der Waals surface area contributed by atoms with Crippen molar-refractivity contribution in [2.24, 2.45) is 0 Å². The summed E-state index contributed by atoms with van der Waals surface area (Å²) >= 11 is 6.28. The largest absolute Gasteiger partial charge is 0.342 e. The number of carbonyl (C=O) groups excluding carboxylic acids is 2. The minimum absolute atomic E-state index is 0.0188. The van der Waals surface area contributed by atoms with Crippen LogP contribution in [-0.4, -0.2) is 49.1 Å². The van der Waals surface area contributed by atoms with Gasteiger partial charge in [0.2, 0.25) is 21.8 Å². The Bertz CT molecular complexity index is 1050. The van der Waals surface area contributed by atoms with Crippen LogP contribution in [0.15, 0.2) is 53.4 Å². The predicted octanol–water partition coefficient (Wildman–Crippen LogP) is 3.89. The highest BCUT2D eigenvalue weighted by molar-refractivity contribution is 7.89. The molecule has 1 aliphatic heterocycles. The van der Waals surface area contributed by atoms with E-state index in [-0.39, 0.29) is 29.8 Å². The Morgan fingerprint density at radius 3 is 2.22 bits per heavy atom. The molecule has 1 saturated heterocycles. The molecular weight excluding hydrogens is 450 g/mol. The molecule has 0 radical (unpaired) electrons. The zero-order valence-electron chi connectivity index (χ0n) is 18.1. The van der Waals surface area contributed by atoms with Crippen LogP contribution in [0, 0.1) is 0 Å². The quantitative estimate of drug-likeness (QED) is 0.655. The molecule has 9 heteroatoms. The highest BCUT2D eigenvalue weighted by Crippen LogP contribution is 2.24. The molecule has 7 nitrogen and oxygen atoms in total. The summed E-state index contributed by atoms with van der Waals surface area (Å²) in [6, 6.07) is 12.9. The van der Waals surface area contributed by atoms with E-state index in [1.165, 1.54) is 35.5 Å². The summed E-state index contributed by atoms with van der Waals surface area (Å²) in [5.41, 5.74) is 1.12. The van der Waals surface area contributed by atoms with Crippen LogP contribution in [-0.2, 0) is 26.2 Å². The molecule has 1 N–H and O–H groups in total. The molecule has 0 aromatic heterocycles. The Morgan fingerprint density at radius 1 is 1.00 bits per heavy atom. The summed E-state index contributed by atoms with van der Waals surface area (Å²) in [5.74, 6) is -0.457. The number of hydrogen-bond donors (Lipinski definition) is 1. The first-order valence-electron chi connectivity index (χ1n) is 10.7. The maximum absolute atomic E-state index is 13.5. The zero-order valence-corrected chi connectivity index (χ0v) is 19.7. The lowest BCUT2D eigenvalue weighted by molar-refractivity contribution is -0.131. The third-order valence-corrected chi connectivity index (χ3v) is 7.56. The van der Waals surface area contributed by atoms with Crippen molar-refractivity contribution in [1.29, 1.82) is 0 Å². The molecule has 0 bridgehead atoms. The van der Waals surface area contributed by atoms with Crippen molar-refractivity contribution in [3.8, 4) is 0 Å². The fraction of sp³-hybridized carbons (Fsp3) is 0.391. The number of rotatable bonds is 7. The Morgan fingerprint density at radius 2 is 1.62 bits per heavy atom. The summed E-state index contributed by atoms with van der Waals surface area (Å²) in [5, 5.41) is 3.06. The lowest BCUT2D eigenvalue weighted by Crippen LogP contribution is -2.43. The van der Waals surface area contributed by atoms with E-state index < -0.39 is 10.0 Å². The molecule has 0 atom stereocenters. The molecule has 32 heavy (non-hydrogen) atoms. The second-order valence-corrected chi connectivity index (χ2v) is 10.2. The van der Waals surface area contributed by atoms with Crippen molar-refractivity contribution in [2.75, 3.05) is 25.0 Å². The van der Waals surface area contributed by atoms with Crippen LogP contribution < -0.4 is 5.32 Å². The van der Waals surface area contributed by atoms with Crippen molar-refractivity contribution in [3.63, 3.8) is 0 Å². The number of amides is 2. The molecule has 1 fully saturated rings. The highest BCUT2D eigenvalue weighted by Gasteiger charge is 2.29. The second kappa shape index (κ2) is 10.9. The number of anilines is 1. The number of nitrogens with one attached hydrogen (secondary N) is 1. The summed E-state index contributed by atoms with van der Waals surface area (Å²) in [6.07, 6.45) is 4.00. The molecule has 1 aliphatic rings. The highest BCUT2D eigenvalue weighted by atomic mass is 35.5. The normalized spacial score (nSPS) is 14.8. The third-order valence-electron chi connectivity index (χ3n) is 5.39. The van der Waals surface area contributed by atoms with Gasteiger partial charge < -0.3 is 10.2 Å². The van der Waals surface area contributed by atoms with E-state index in [4.69, 9.17) is 11.6 Å². The number of halogens is 1. The lowest BCUT2D eigenvalue weighted by Gasteiger charge is -2.27. The van der Waals surface area contributed by atoms with Gasteiger partial charge in [0.15, 0.2) is 0 Å². The van der Waals surface area contributed by atoms with Crippen LogP contribution in [0.5, 0.6) is 0 Å². The molecular formula is C23H28ClN3O4S. The molecule has 0 saturated carbocycles. The standard InChI is InChI=1S/C23H28ClN3O4S/c1-18(28)25-20-10-12-21(13-11-20)32(30,31)27(16-19-8-4-5-9-22(19)24)17-23(29)26-14-6-2-3-7-15-26/h4-5,8-13H,2-3,6-7,14-17H2,1H3,(H,25,28). The maximum atomic E-state index is 13.5. The predicted molar refractivity (Wildman–Crippen MR) is 125 cm³/mol. The molecule has 2 aromatic carbocycles. The Kier molecular flexibility index (Phi) is 8.28. The van der Waals surface area contributed by atoms with Gasteiger partial charge in [0.25, 0.3) is 0 Å². The molecule has 2 aromatic rings. The van der Waals surface area contributed by atoms with Crippen LogP contribution in [0.1, 0.15) is 38.2 Å². The fourth-order valence-corrected chi connectivity index (χ4v) is 5.24. The van der Waals surface area contributed by atoms with Gasteiger partial charge in [-0.1, -0.05) is 42.6 Å². The van der Waals surface area contributed by atoms with E-state index in [1.807, 2.05) is 0 Å². The fourth-order valence-electron chi connectivity index (χ4n) is 3.68. The molecule has 1 heterocycles. The SMILES string of the molecule is CC(=O)Nc1ccc(S(=O)(=O)N(CC(=O)N2CCCCCC2)Cc2ccccc2Cl)cc1. The Hall–Kier alpha value is -2.42. The minimum Gasteiger partial charge on any atom is -0.342 e. The van der Waals surface area contributed by atoms with Gasteiger partial charge in [-0.25, -0.2) is 8.42 Å². The lowest BCUT2D eigenvalue weighted by atomic mass is 10.2. The molecule has 172 valence electrons. The van der Waals surface area contributed by atoms with Gasteiger partial charge in [-0.05, 0) is 48.7 Å². The first-order valence-corrected chi connectivity index (χ1v) is 12.5. The third kappa shape index (κ3) is 6.31. The maximum Gasteiger partial charge on any atom is 0.243 e. The zero-order chi connectivity index (χ0) is 23.1. The summed E-state index contributed by atoms with van der Waals surface area (Å²) in [4.78, 5) is 26.1. The first-order chi connectivity index (χ1) is 15.3. The number of sulfonamides is 1. The van der Waals surface area contributed by atoms with E-state index in [1.54, 1.807) is 29.2 Å². The van der Waals surface area contributed by atoms with Gasteiger partial charge in [-0.3, -0.25) is 9.59 Å². The van der Waals surface area contributed by atoms with E-state index >= 15 is 0 Å². The Labute approximate surface area is 194 Å². The summed E-state index contributed by atoms with van der Waals surface area (Å²) in [6.45, 7) is 2.38. The Balaban J connectivity index is 1.88. The van der Waals surface area contributed by atoms with Gasteiger partial charge in [-0.15, -0.1) is 0 Å². The van der Waals surface area contributed by atoms with Crippen molar-refractivity contribution >= 4 is 39.1 Å². The summed E-state index contributed by atoms with van der Waals surface area (Å²) in [7, 11) is -3.99. The molecule has 0 spiro atoms. The first kappa shape index (κ1) is 24.2. The topological polar surface area (TPSA) is 86.8 Å². The van der Waals surface area contributed by atoms with Crippen LogP contribution >= 0.6 is 11.6 Å². The van der Waals surface area contributed by atoms with E-state index in [0.717, 1.165) is 25.7 Å². The van der Waals surface area contributed by atoms with Gasteiger partial charge in [0.1, 0.15) is 0 Å². The number of hydrogen-bond acceptors (Lipinski definition) is 4. The smallest absolute Gasteiger partial charge is 0.243 e. The molecule has 3 rings (SSSR count). The average Bonchev–Trinajstić information content (AvgIpc) is 3.04. The van der Waals surface area contributed by atoms with Gasteiger partial charge in [0.05, 0.1) is 11.4 Å². The van der Waals surface area contributed by atoms with Crippen molar-refractivity contribution in [3.05, 3.63) is 59.1 Å². The second-order valence-electron chi connectivity index (χ2n) is 7.87. The molecule has 0 aliphatic carbocycles.